The molecule has 0 bridgehead atoms. The molecule has 0 fully saturated rings. The van der Waals surface area contributed by atoms with E-state index in [0.29, 0.717) is 11.5 Å². The Bertz CT molecular complexity index is 2380. The molecule has 3 nitrogen and oxygen atoms in total. The third-order valence-corrected chi connectivity index (χ3v) is 14.0. The Morgan fingerprint density at radius 1 is 0.281 bits per heavy atom. The van der Waals surface area contributed by atoms with Crippen LogP contribution in [0.1, 0.15) is 144 Å². The lowest BCUT2D eigenvalue weighted by Gasteiger charge is -2.29. The van der Waals surface area contributed by atoms with Gasteiger partial charge in [-0.3, -0.25) is 0 Å². The van der Waals surface area contributed by atoms with Gasteiger partial charge in [0.15, 0.2) is 0 Å². The summed E-state index contributed by atoms with van der Waals surface area (Å²) in [5.41, 5.74) is 13.6. The van der Waals surface area contributed by atoms with Crippen LogP contribution in [0, 0.1) is 0 Å². The fraction of sp³-hybridized carbons (Fsp3) is 0.200. The molecule has 0 heterocycles. The second-order valence-corrected chi connectivity index (χ2v) is 18.1. The SMILES string of the molecule is CC(c1ccccc1)c1cc(C(C)c2ccccc2)c(OP(O)Oc2c(C(C)c3ccccc3)cc(C(C)c3ccccc3)cc2C(C)c2ccccc2)c(C(C)c2ccccc2)c1. The first-order valence-electron chi connectivity index (χ1n) is 22.7. The van der Waals surface area contributed by atoms with Crippen molar-refractivity contribution in [1.82, 2.24) is 0 Å². The van der Waals surface area contributed by atoms with Crippen molar-refractivity contribution in [2.45, 2.75) is 77.0 Å². The highest BCUT2D eigenvalue weighted by Gasteiger charge is 2.31. The third kappa shape index (κ3) is 9.93. The molecule has 8 rings (SSSR count). The van der Waals surface area contributed by atoms with Gasteiger partial charge in [0, 0.05) is 57.8 Å². The molecule has 0 aliphatic rings. The molecular formula is C60H59O3P. The van der Waals surface area contributed by atoms with Crippen LogP contribution in [0.25, 0.3) is 0 Å². The third-order valence-electron chi connectivity index (χ3n) is 13.3. The zero-order chi connectivity index (χ0) is 44.6. The van der Waals surface area contributed by atoms with Gasteiger partial charge >= 0.3 is 8.60 Å². The van der Waals surface area contributed by atoms with Crippen LogP contribution in [0.3, 0.4) is 0 Å². The minimum Gasteiger partial charge on any atom is -0.417 e. The van der Waals surface area contributed by atoms with E-state index in [1.165, 1.54) is 44.5 Å². The molecule has 6 unspecified atom stereocenters. The lowest BCUT2D eigenvalue weighted by atomic mass is 9.81. The maximum Gasteiger partial charge on any atom is 0.460 e. The number of hydrogen-bond acceptors (Lipinski definition) is 3. The molecule has 0 amide bonds. The Balaban J connectivity index is 1.30. The van der Waals surface area contributed by atoms with Gasteiger partial charge in [-0.05, 0) is 44.5 Å². The van der Waals surface area contributed by atoms with Gasteiger partial charge < -0.3 is 13.9 Å². The van der Waals surface area contributed by atoms with Crippen molar-refractivity contribution in [2.75, 3.05) is 0 Å². The van der Waals surface area contributed by atoms with Gasteiger partial charge in [0.25, 0.3) is 0 Å². The van der Waals surface area contributed by atoms with E-state index in [2.05, 4.69) is 248 Å². The summed E-state index contributed by atoms with van der Waals surface area (Å²) in [5, 5.41) is 0. The zero-order valence-electron chi connectivity index (χ0n) is 37.8. The molecule has 322 valence electrons. The van der Waals surface area contributed by atoms with E-state index < -0.39 is 8.60 Å². The Labute approximate surface area is 382 Å². The number of benzene rings is 8. The summed E-state index contributed by atoms with van der Waals surface area (Å²) < 4.78 is 14.1. The van der Waals surface area contributed by atoms with E-state index in [9.17, 15) is 4.89 Å². The molecule has 1 N–H and O–H groups in total. The van der Waals surface area contributed by atoms with Gasteiger partial charge in [0.2, 0.25) is 0 Å². The van der Waals surface area contributed by atoms with Crippen LogP contribution in [0.2, 0.25) is 0 Å². The Kier molecular flexibility index (Phi) is 14.2. The molecule has 0 aliphatic heterocycles. The molecule has 6 atom stereocenters. The molecule has 4 heteroatoms. The second kappa shape index (κ2) is 20.5. The zero-order valence-corrected chi connectivity index (χ0v) is 38.7. The molecule has 8 aromatic rings. The predicted octanol–water partition coefficient (Wildman–Crippen LogP) is 16.3. The molecule has 0 saturated heterocycles. The minimum atomic E-state index is -2.51. The molecule has 8 aromatic carbocycles. The van der Waals surface area contributed by atoms with E-state index in [0.717, 1.165) is 22.3 Å². The largest absolute Gasteiger partial charge is 0.460 e. The van der Waals surface area contributed by atoms with Crippen molar-refractivity contribution < 1.29 is 13.9 Å². The van der Waals surface area contributed by atoms with Crippen molar-refractivity contribution >= 4 is 8.60 Å². The van der Waals surface area contributed by atoms with E-state index >= 15 is 0 Å². The lowest BCUT2D eigenvalue weighted by Crippen LogP contribution is -2.12. The monoisotopic (exact) mass is 858 g/mol. The summed E-state index contributed by atoms with van der Waals surface area (Å²) in [5.74, 6) is 1.36. The van der Waals surface area contributed by atoms with Crippen LogP contribution in [0.15, 0.2) is 206 Å². The fourth-order valence-corrected chi connectivity index (χ4v) is 9.89. The smallest absolute Gasteiger partial charge is 0.417 e. The summed E-state index contributed by atoms with van der Waals surface area (Å²) in [4.78, 5) is 12.6. The molecule has 0 spiro atoms. The van der Waals surface area contributed by atoms with Crippen molar-refractivity contribution in [3.8, 4) is 11.5 Å². The van der Waals surface area contributed by atoms with Crippen LogP contribution in [-0.4, -0.2) is 4.89 Å². The molecule has 64 heavy (non-hydrogen) atoms. The summed E-state index contributed by atoms with van der Waals surface area (Å²) >= 11 is 0. The van der Waals surface area contributed by atoms with Crippen molar-refractivity contribution in [1.29, 1.82) is 0 Å². The molecule has 0 radical (unpaired) electrons. The summed E-state index contributed by atoms with van der Waals surface area (Å²) in [6, 6.07) is 72.8. The maximum absolute atomic E-state index is 12.6. The van der Waals surface area contributed by atoms with Crippen molar-refractivity contribution in [2.24, 2.45) is 0 Å². The number of rotatable bonds is 16. The molecular weight excluding hydrogens is 800 g/mol. The van der Waals surface area contributed by atoms with E-state index in [1.54, 1.807) is 0 Å². The normalized spacial score (nSPS) is 14.7. The Morgan fingerprint density at radius 2 is 0.469 bits per heavy atom. The topological polar surface area (TPSA) is 38.7 Å². The van der Waals surface area contributed by atoms with Gasteiger partial charge in [-0.25, -0.2) is 0 Å². The average molecular weight is 859 g/mol. The summed E-state index contributed by atoms with van der Waals surface area (Å²) in [7, 11) is -2.51. The van der Waals surface area contributed by atoms with Crippen LogP contribution in [0.5, 0.6) is 11.5 Å². The Hall–Kier alpha value is -6.25. The van der Waals surface area contributed by atoms with Gasteiger partial charge in [0.1, 0.15) is 11.5 Å². The first kappa shape index (κ1) is 44.4. The van der Waals surface area contributed by atoms with Gasteiger partial charge in [0.05, 0.1) is 0 Å². The number of hydrogen-bond donors (Lipinski definition) is 1. The quantitative estimate of drug-likeness (QED) is 0.0984. The highest BCUT2D eigenvalue weighted by molar-refractivity contribution is 7.41. The fourth-order valence-electron chi connectivity index (χ4n) is 9.12. The van der Waals surface area contributed by atoms with Crippen LogP contribution < -0.4 is 9.05 Å². The predicted molar refractivity (Wildman–Crippen MR) is 267 cm³/mol. The average Bonchev–Trinajstić information content (AvgIpc) is 3.36. The Morgan fingerprint density at radius 3 is 0.672 bits per heavy atom. The molecule has 0 saturated carbocycles. The van der Waals surface area contributed by atoms with Gasteiger partial charge in [-0.2, -0.15) is 0 Å². The van der Waals surface area contributed by atoms with E-state index in [-0.39, 0.29) is 35.5 Å². The van der Waals surface area contributed by atoms with Gasteiger partial charge in [-0.1, -0.05) is 248 Å². The van der Waals surface area contributed by atoms with Crippen LogP contribution >= 0.6 is 8.60 Å². The van der Waals surface area contributed by atoms with E-state index in [1.807, 2.05) is 0 Å². The summed E-state index contributed by atoms with van der Waals surface area (Å²) in [6.45, 7) is 13.5. The highest BCUT2D eigenvalue weighted by Crippen LogP contribution is 2.51. The lowest BCUT2D eigenvalue weighted by molar-refractivity contribution is 0.373. The van der Waals surface area contributed by atoms with Crippen LogP contribution in [0.4, 0.5) is 0 Å². The second-order valence-electron chi connectivity index (χ2n) is 17.3. The maximum atomic E-state index is 12.6. The summed E-state index contributed by atoms with van der Waals surface area (Å²) in [6.07, 6.45) is 0. The first-order chi connectivity index (χ1) is 31.2. The van der Waals surface area contributed by atoms with Crippen molar-refractivity contribution in [3.05, 3.63) is 273 Å². The van der Waals surface area contributed by atoms with Crippen molar-refractivity contribution in [3.63, 3.8) is 0 Å². The van der Waals surface area contributed by atoms with Gasteiger partial charge in [-0.15, -0.1) is 0 Å². The van der Waals surface area contributed by atoms with E-state index in [4.69, 9.17) is 9.05 Å². The molecule has 0 aliphatic carbocycles. The highest BCUT2D eigenvalue weighted by atomic mass is 31.2. The first-order valence-corrected chi connectivity index (χ1v) is 23.8. The molecule has 0 aromatic heterocycles. The standard InChI is InChI=1S/C60H59O3P/c1-41(47-25-13-7-14-26-47)53-37-55(43(3)49-29-17-9-18-30-49)59(56(38-53)44(4)50-31-19-10-20-32-50)62-64(61)63-60-57(45(5)51-33-21-11-22-34-51)39-54(42(2)48-27-15-8-16-28-48)40-58(60)46(6)52-35-23-12-24-36-52/h7-46,61H,1-6H3. The minimum absolute atomic E-state index is 0.0506. The van der Waals surface area contributed by atoms with Crippen LogP contribution in [-0.2, 0) is 0 Å².